The molecule has 2 aromatic carbocycles. The Morgan fingerprint density at radius 3 is 2.39 bits per heavy atom. The second-order valence-corrected chi connectivity index (χ2v) is 5.82. The second-order valence-electron chi connectivity index (χ2n) is 5.82. The summed E-state index contributed by atoms with van der Waals surface area (Å²) in [5.41, 5.74) is 0.262. The molecule has 28 heavy (non-hydrogen) atoms. The van der Waals surface area contributed by atoms with Gasteiger partial charge in [0.25, 0.3) is 5.91 Å². The molecule has 8 heteroatoms. The predicted molar refractivity (Wildman–Crippen MR) is 102 cm³/mol. The molecule has 6 nitrogen and oxygen atoms in total. The number of carbonyl (C=O) groups is 1. The first-order chi connectivity index (χ1) is 13.5. The number of carbonyl (C=O) groups excluding carboxylic acids is 1. The first-order valence-electron chi connectivity index (χ1n) is 8.57. The molecule has 0 atom stereocenters. The Morgan fingerprint density at radius 2 is 1.75 bits per heavy atom. The van der Waals surface area contributed by atoms with Crippen LogP contribution in [-0.4, -0.2) is 22.5 Å². The normalized spacial score (nSPS) is 10.4. The summed E-state index contributed by atoms with van der Waals surface area (Å²) in [6.45, 7) is 4.01. The molecule has 0 bridgehead atoms. The molecule has 0 radical (unpaired) electrons. The highest BCUT2D eigenvalue weighted by Crippen LogP contribution is 2.23. The van der Waals surface area contributed by atoms with Gasteiger partial charge < -0.3 is 15.4 Å². The lowest BCUT2D eigenvalue weighted by Gasteiger charge is -2.11. The standard InChI is InChI=1S/C20H18F2N4O2/c1-3-28-14-9-7-13(8-10-14)25-20(27)17-11-18(24-12(2)23-17)26-19-15(21)5-4-6-16(19)22/h4-11H,3H2,1-2H3,(H,25,27)(H,23,24,26). The summed E-state index contributed by atoms with van der Waals surface area (Å²) in [5, 5.41) is 5.27. The largest absolute Gasteiger partial charge is 0.494 e. The smallest absolute Gasteiger partial charge is 0.274 e. The van der Waals surface area contributed by atoms with E-state index >= 15 is 0 Å². The molecule has 0 aliphatic rings. The minimum atomic E-state index is -0.767. The zero-order valence-corrected chi connectivity index (χ0v) is 15.3. The molecule has 0 unspecified atom stereocenters. The van der Waals surface area contributed by atoms with Crippen LogP contribution in [0.2, 0.25) is 0 Å². The lowest BCUT2D eigenvalue weighted by Crippen LogP contribution is -2.15. The van der Waals surface area contributed by atoms with Gasteiger partial charge in [0.05, 0.1) is 6.61 Å². The quantitative estimate of drug-likeness (QED) is 0.656. The summed E-state index contributed by atoms with van der Waals surface area (Å²) in [6.07, 6.45) is 0. The number of anilines is 3. The van der Waals surface area contributed by atoms with E-state index < -0.39 is 17.5 Å². The number of benzene rings is 2. The maximum absolute atomic E-state index is 13.8. The van der Waals surface area contributed by atoms with Gasteiger partial charge in [-0.25, -0.2) is 18.7 Å². The molecule has 0 spiro atoms. The maximum Gasteiger partial charge on any atom is 0.274 e. The van der Waals surface area contributed by atoms with Crippen LogP contribution in [0.1, 0.15) is 23.2 Å². The third-order valence-corrected chi connectivity index (χ3v) is 3.71. The first kappa shape index (κ1) is 19.2. The number of ether oxygens (including phenoxy) is 1. The molecule has 0 aliphatic carbocycles. The monoisotopic (exact) mass is 384 g/mol. The van der Waals surface area contributed by atoms with Crippen molar-refractivity contribution >= 4 is 23.1 Å². The molecule has 1 amide bonds. The Kier molecular flexibility index (Phi) is 5.78. The van der Waals surface area contributed by atoms with Crippen molar-refractivity contribution in [1.29, 1.82) is 0 Å². The van der Waals surface area contributed by atoms with E-state index in [1.165, 1.54) is 12.1 Å². The number of aryl methyl sites for hydroxylation is 1. The Labute approximate surface area is 160 Å². The van der Waals surface area contributed by atoms with Crippen molar-refractivity contribution in [3.8, 4) is 5.75 Å². The number of para-hydroxylation sites is 1. The van der Waals surface area contributed by atoms with E-state index in [2.05, 4.69) is 20.6 Å². The van der Waals surface area contributed by atoms with Crippen molar-refractivity contribution in [2.24, 2.45) is 0 Å². The van der Waals surface area contributed by atoms with Crippen LogP contribution in [0, 0.1) is 18.6 Å². The highest BCUT2D eigenvalue weighted by atomic mass is 19.1. The molecule has 3 rings (SSSR count). The Bertz CT molecular complexity index is 974. The molecule has 0 fully saturated rings. The van der Waals surface area contributed by atoms with Crippen LogP contribution < -0.4 is 15.4 Å². The topological polar surface area (TPSA) is 76.1 Å². The fraction of sp³-hybridized carbons (Fsp3) is 0.150. The molecule has 0 aliphatic heterocycles. The highest BCUT2D eigenvalue weighted by molar-refractivity contribution is 6.03. The SMILES string of the molecule is CCOc1ccc(NC(=O)c2cc(Nc3c(F)cccc3F)nc(C)n2)cc1. The summed E-state index contributed by atoms with van der Waals surface area (Å²) >= 11 is 0. The van der Waals surface area contributed by atoms with Crippen molar-refractivity contribution < 1.29 is 18.3 Å². The summed E-state index contributed by atoms with van der Waals surface area (Å²) in [4.78, 5) is 20.7. The molecule has 0 saturated heterocycles. The molecular weight excluding hydrogens is 366 g/mol. The molecule has 3 aromatic rings. The van der Waals surface area contributed by atoms with Gasteiger partial charge in [-0.15, -0.1) is 0 Å². The predicted octanol–water partition coefficient (Wildman–Crippen LogP) is 4.46. The first-order valence-corrected chi connectivity index (χ1v) is 8.57. The number of nitrogens with zero attached hydrogens (tertiary/aromatic N) is 2. The van der Waals surface area contributed by atoms with E-state index in [4.69, 9.17) is 4.74 Å². The number of nitrogens with one attached hydrogen (secondary N) is 2. The second kappa shape index (κ2) is 8.43. The lowest BCUT2D eigenvalue weighted by molar-refractivity contribution is 0.102. The van der Waals surface area contributed by atoms with E-state index in [-0.39, 0.29) is 23.0 Å². The van der Waals surface area contributed by atoms with Crippen LogP contribution in [0.5, 0.6) is 5.75 Å². The number of aromatic nitrogens is 2. The lowest BCUT2D eigenvalue weighted by atomic mass is 10.2. The Hall–Kier alpha value is -3.55. The van der Waals surface area contributed by atoms with Gasteiger partial charge in [-0.05, 0) is 50.2 Å². The average Bonchev–Trinajstić information content (AvgIpc) is 2.66. The van der Waals surface area contributed by atoms with Gasteiger partial charge in [0.15, 0.2) is 0 Å². The number of halogens is 2. The molecule has 1 aromatic heterocycles. The van der Waals surface area contributed by atoms with Gasteiger partial charge in [-0.3, -0.25) is 4.79 Å². The maximum atomic E-state index is 13.8. The van der Waals surface area contributed by atoms with Crippen LogP contribution in [0.3, 0.4) is 0 Å². The fourth-order valence-corrected chi connectivity index (χ4v) is 2.49. The Morgan fingerprint density at radius 1 is 1.07 bits per heavy atom. The summed E-state index contributed by atoms with van der Waals surface area (Å²) in [6, 6.07) is 11.7. The van der Waals surface area contributed by atoms with Gasteiger partial charge in [-0.1, -0.05) is 6.07 Å². The van der Waals surface area contributed by atoms with E-state index in [0.29, 0.717) is 18.0 Å². The van der Waals surface area contributed by atoms with Gasteiger partial charge in [-0.2, -0.15) is 0 Å². The zero-order chi connectivity index (χ0) is 20.1. The Balaban J connectivity index is 1.79. The van der Waals surface area contributed by atoms with E-state index in [1.807, 2.05) is 6.92 Å². The van der Waals surface area contributed by atoms with Crippen LogP contribution >= 0.6 is 0 Å². The highest BCUT2D eigenvalue weighted by Gasteiger charge is 2.14. The number of hydrogen-bond donors (Lipinski definition) is 2. The zero-order valence-electron chi connectivity index (χ0n) is 15.3. The van der Waals surface area contributed by atoms with E-state index in [9.17, 15) is 13.6 Å². The minimum Gasteiger partial charge on any atom is -0.494 e. The van der Waals surface area contributed by atoms with Gasteiger partial charge in [0.2, 0.25) is 0 Å². The average molecular weight is 384 g/mol. The number of amides is 1. The summed E-state index contributed by atoms with van der Waals surface area (Å²) < 4.78 is 33.0. The number of hydrogen-bond acceptors (Lipinski definition) is 5. The van der Waals surface area contributed by atoms with Gasteiger partial charge >= 0.3 is 0 Å². The molecular formula is C20H18F2N4O2. The molecule has 0 saturated carbocycles. The molecule has 2 N–H and O–H groups in total. The van der Waals surface area contributed by atoms with Crippen molar-refractivity contribution in [3.63, 3.8) is 0 Å². The minimum absolute atomic E-state index is 0.0561. The van der Waals surface area contributed by atoms with Crippen LogP contribution in [0.4, 0.5) is 26.0 Å². The van der Waals surface area contributed by atoms with E-state index in [1.54, 1.807) is 31.2 Å². The van der Waals surface area contributed by atoms with Crippen LogP contribution in [-0.2, 0) is 0 Å². The fourth-order valence-electron chi connectivity index (χ4n) is 2.49. The van der Waals surface area contributed by atoms with Crippen LogP contribution in [0.15, 0.2) is 48.5 Å². The van der Waals surface area contributed by atoms with Crippen LogP contribution in [0.25, 0.3) is 0 Å². The molecule has 144 valence electrons. The summed E-state index contributed by atoms with van der Waals surface area (Å²) in [7, 11) is 0. The van der Waals surface area contributed by atoms with Crippen molar-refractivity contribution in [2.75, 3.05) is 17.2 Å². The van der Waals surface area contributed by atoms with Crippen molar-refractivity contribution in [1.82, 2.24) is 9.97 Å². The third-order valence-electron chi connectivity index (χ3n) is 3.71. The third kappa shape index (κ3) is 4.59. The van der Waals surface area contributed by atoms with Crippen molar-refractivity contribution in [2.45, 2.75) is 13.8 Å². The van der Waals surface area contributed by atoms with Gasteiger partial charge in [0, 0.05) is 11.8 Å². The molecule has 1 heterocycles. The van der Waals surface area contributed by atoms with Crippen molar-refractivity contribution in [3.05, 3.63) is 71.7 Å². The van der Waals surface area contributed by atoms with Gasteiger partial charge in [0.1, 0.15) is 40.4 Å². The number of rotatable bonds is 6. The summed E-state index contributed by atoms with van der Waals surface area (Å²) in [5.74, 6) is -0.941. The van der Waals surface area contributed by atoms with E-state index in [0.717, 1.165) is 12.1 Å².